The van der Waals surface area contributed by atoms with Gasteiger partial charge in [0, 0.05) is 5.56 Å². The van der Waals surface area contributed by atoms with Crippen LogP contribution in [-0.4, -0.2) is 18.8 Å². The highest BCUT2D eigenvalue weighted by molar-refractivity contribution is 7.85. The van der Waals surface area contributed by atoms with Crippen molar-refractivity contribution in [1.29, 1.82) is 0 Å². The summed E-state index contributed by atoms with van der Waals surface area (Å²) in [6, 6.07) is 6.03. The minimum atomic E-state index is -5.58. The maximum Gasteiger partial charge on any atom is 0.300 e. The maximum atomic E-state index is 14.4. The first-order valence-electron chi connectivity index (χ1n) is 8.61. The van der Waals surface area contributed by atoms with Gasteiger partial charge in [0.25, 0.3) is 0 Å². The van der Waals surface area contributed by atoms with E-state index in [0.29, 0.717) is 5.56 Å². The van der Waals surface area contributed by atoms with Gasteiger partial charge in [0.1, 0.15) is 5.56 Å². The number of halogens is 4. The Morgan fingerprint density at radius 2 is 1.43 bits per heavy atom. The Kier molecular flexibility index (Phi) is 5.58. The number of hydrogen-bond acceptors (Lipinski definition) is 3. The van der Waals surface area contributed by atoms with Crippen molar-refractivity contribution in [2.24, 2.45) is 0 Å². The molecule has 150 valence electrons. The van der Waals surface area contributed by atoms with Crippen LogP contribution in [-0.2, 0) is 10.1 Å². The molecule has 0 atom stereocenters. The summed E-state index contributed by atoms with van der Waals surface area (Å²) in [5.41, 5.74) is -1.12. The van der Waals surface area contributed by atoms with Crippen molar-refractivity contribution in [3.63, 3.8) is 0 Å². The van der Waals surface area contributed by atoms with Crippen molar-refractivity contribution < 1.29 is 35.3 Å². The molecule has 0 heterocycles. The summed E-state index contributed by atoms with van der Waals surface area (Å²) < 4.78 is 87.8. The predicted octanol–water partition coefficient (Wildman–Crippen LogP) is 4.77. The van der Waals surface area contributed by atoms with Gasteiger partial charge in [0.15, 0.2) is 33.9 Å². The standard InChI is InChI=1S/C19H16F4O4S/c20-14-13(15(21)17(23)19(16(14)22)28(25,26)27)18(24)12-9-5-4-8-11(12)10-6-2-1-3-7-10/h4-5,8-10H,1-3,6-7H2,(H,25,26,27). The molecule has 28 heavy (non-hydrogen) atoms. The molecule has 0 spiro atoms. The smallest absolute Gasteiger partial charge is 0.288 e. The zero-order valence-electron chi connectivity index (χ0n) is 14.5. The van der Waals surface area contributed by atoms with Gasteiger partial charge in [-0.05, 0) is 24.3 Å². The molecule has 1 fully saturated rings. The molecule has 1 N–H and O–H groups in total. The second-order valence-electron chi connectivity index (χ2n) is 6.69. The molecule has 9 heteroatoms. The number of carbonyl (C=O) groups excluding carboxylic acids is 1. The second kappa shape index (κ2) is 7.63. The Morgan fingerprint density at radius 3 is 1.96 bits per heavy atom. The van der Waals surface area contributed by atoms with Crippen LogP contribution in [0.25, 0.3) is 0 Å². The van der Waals surface area contributed by atoms with Crippen LogP contribution >= 0.6 is 0 Å². The third kappa shape index (κ3) is 3.56. The third-order valence-electron chi connectivity index (χ3n) is 4.96. The summed E-state index contributed by atoms with van der Waals surface area (Å²) in [6.45, 7) is 0. The monoisotopic (exact) mass is 416 g/mol. The Morgan fingerprint density at radius 1 is 0.893 bits per heavy atom. The lowest BCUT2D eigenvalue weighted by atomic mass is 9.81. The molecule has 3 rings (SSSR count). The zero-order valence-corrected chi connectivity index (χ0v) is 15.3. The SMILES string of the molecule is O=C(c1ccccc1C1CCCCC1)c1c(F)c(F)c(S(=O)(=O)O)c(F)c1F. The van der Waals surface area contributed by atoms with Gasteiger partial charge in [-0.15, -0.1) is 0 Å². The molecule has 2 aromatic rings. The van der Waals surface area contributed by atoms with Gasteiger partial charge in [-0.25, -0.2) is 17.6 Å². The molecule has 1 aliphatic rings. The molecular weight excluding hydrogens is 400 g/mol. The highest BCUT2D eigenvalue weighted by Gasteiger charge is 2.35. The number of carbonyl (C=O) groups is 1. The summed E-state index contributed by atoms with van der Waals surface area (Å²) in [5, 5.41) is 0. The van der Waals surface area contributed by atoms with E-state index in [-0.39, 0.29) is 11.5 Å². The molecule has 1 saturated carbocycles. The highest BCUT2D eigenvalue weighted by atomic mass is 32.2. The van der Waals surface area contributed by atoms with Crippen LogP contribution in [0.3, 0.4) is 0 Å². The topological polar surface area (TPSA) is 71.4 Å². The second-order valence-corrected chi connectivity index (χ2v) is 8.04. The molecule has 0 aliphatic heterocycles. The first-order valence-corrected chi connectivity index (χ1v) is 10.1. The maximum absolute atomic E-state index is 14.4. The molecule has 0 unspecified atom stereocenters. The fourth-order valence-electron chi connectivity index (χ4n) is 3.65. The number of ketones is 1. The molecule has 0 radical (unpaired) electrons. The van der Waals surface area contributed by atoms with Gasteiger partial charge < -0.3 is 0 Å². The molecule has 0 amide bonds. The van der Waals surface area contributed by atoms with Crippen LogP contribution in [0.15, 0.2) is 29.2 Å². The molecular formula is C19H16F4O4S. The molecule has 0 aromatic heterocycles. The van der Waals surface area contributed by atoms with Crippen LogP contribution in [0, 0.1) is 23.3 Å². The molecule has 4 nitrogen and oxygen atoms in total. The van der Waals surface area contributed by atoms with Crippen molar-refractivity contribution in [1.82, 2.24) is 0 Å². The van der Waals surface area contributed by atoms with Crippen molar-refractivity contribution in [3.8, 4) is 0 Å². The van der Waals surface area contributed by atoms with E-state index >= 15 is 0 Å². The average Bonchev–Trinajstić information content (AvgIpc) is 2.66. The molecule has 2 aromatic carbocycles. The summed E-state index contributed by atoms with van der Waals surface area (Å²) in [6.07, 6.45) is 4.40. The minimum absolute atomic E-state index is 0.0354. The van der Waals surface area contributed by atoms with Gasteiger partial charge in [0.2, 0.25) is 0 Å². The third-order valence-corrected chi connectivity index (χ3v) is 5.83. The fourth-order valence-corrected chi connectivity index (χ4v) is 4.28. The number of hydrogen-bond donors (Lipinski definition) is 1. The van der Waals surface area contributed by atoms with Crippen LogP contribution in [0.5, 0.6) is 0 Å². The Labute approximate surface area is 158 Å². The molecule has 0 saturated heterocycles. The van der Waals surface area contributed by atoms with E-state index in [4.69, 9.17) is 4.55 Å². The summed E-state index contributed by atoms with van der Waals surface area (Å²) in [4.78, 5) is 10.6. The lowest BCUT2D eigenvalue weighted by Gasteiger charge is -2.24. The molecule has 1 aliphatic carbocycles. The van der Waals surface area contributed by atoms with Crippen LogP contribution in [0.4, 0.5) is 17.6 Å². The summed E-state index contributed by atoms with van der Waals surface area (Å²) in [5.74, 6) is -10.4. The van der Waals surface area contributed by atoms with Crippen molar-refractivity contribution in [2.75, 3.05) is 0 Å². The number of benzene rings is 2. The summed E-state index contributed by atoms with van der Waals surface area (Å²) >= 11 is 0. The van der Waals surface area contributed by atoms with Gasteiger partial charge in [0.05, 0.1) is 0 Å². The minimum Gasteiger partial charge on any atom is -0.288 e. The van der Waals surface area contributed by atoms with Gasteiger partial charge in [-0.3, -0.25) is 9.35 Å². The van der Waals surface area contributed by atoms with Gasteiger partial charge in [-0.2, -0.15) is 8.42 Å². The van der Waals surface area contributed by atoms with Crippen molar-refractivity contribution in [2.45, 2.75) is 42.9 Å². The number of rotatable bonds is 4. The van der Waals surface area contributed by atoms with E-state index < -0.39 is 49.6 Å². The van der Waals surface area contributed by atoms with E-state index in [9.17, 15) is 30.8 Å². The average molecular weight is 416 g/mol. The van der Waals surface area contributed by atoms with Crippen LogP contribution < -0.4 is 0 Å². The Balaban J connectivity index is 2.18. The Bertz CT molecular complexity index is 1020. The quantitative estimate of drug-likeness (QED) is 0.337. The molecule has 0 bridgehead atoms. The lowest BCUT2D eigenvalue weighted by Crippen LogP contribution is -2.18. The van der Waals surface area contributed by atoms with Crippen LogP contribution in [0.2, 0.25) is 0 Å². The van der Waals surface area contributed by atoms with Crippen LogP contribution in [0.1, 0.15) is 59.5 Å². The van der Waals surface area contributed by atoms with Crippen molar-refractivity contribution in [3.05, 3.63) is 64.2 Å². The van der Waals surface area contributed by atoms with Gasteiger partial charge >= 0.3 is 10.1 Å². The van der Waals surface area contributed by atoms with Crippen molar-refractivity contribution >= 4 is 15.9 Å². The Hall–Kier alpha value is -2.26. The predicted molar refractivity (Wildman–Crippen MR) is 91.8 cm³/mol. The normalized spacial score (nSPS) is 15.6. The lowest BCUT2D eigenvalue weighted by molar-refractivity contribution is 0.102. The first-order chi connectivity index (χ1) is 13.1. The van der Waals surface area contributed by atoms with E-state index in [1.807, 2.05) is 0 Å². The summed E-state index contributed by atoms with van der Waals surface area (Å²) in [7, 11) is -5.58. The van der Waals surface area contributed by atoms with E-state index in [1.165, 1.54) is 12.1 Å². The fraction of sp³-hybridized carbons (Fsp3) is 0.316. The zero-order chi connectivity index (χ0) is 20.6. The van der Waals surface area contributed by atoms with E-state index in [0.717, 1.165) is 32.1 Å². The highest BCUT2D eigenvalue weighted by Crippen LogP contribution is 2.36. The van der Waals surface area contributed by atoms with Gasteiger partial charge in [-0.1, -0.05) is 43.5 Å². The first kappa shape index (κ1) is 20.5. The largest absolute Gasteiger partial charge is 0.300 e. The van der Waals surface area contributed by atoms with E-state index in [2.05, 4.69) is 0 Å². The van der Waals surface area contributed by atoms with E-state index in [1.54, 1.807) is 12.1 Å².